The zero-order valence-electron chi connectivity index (χ0n) is 21.0. The van der Waals surface area contributed by atoms with Gasteiger partial charge >= 0.3 is 0 Å². The molecule has 5 aromatic carbocycles. The lowest BCUT2D eigenvalue weighted by molar-refractivity contribution is 0.648. The van der Waals surface area contributed by atoms with E-state index in [1.54, 1.807) is 0 Å². The highest BCUT2D eigenvalue weighted by atomic mass is 15.0. The minimum absolute atomic E-state index is 0.339. The molecule has 2 heterocycles. The number of hydrogen-bond donors (Lipinski definition) is 0. The molecule has 1 aliphatic rings. The van der Waals surface area contributed by atoms with Crippen LogP contribution in [0.3, 0.4) is 0 Å². The molecule has 0 saturated heterocycles. The van der Waals surface area contributed by atoms with Crippen LogP contribution in [-0.2, 0) is 0 Å². The first-order chi connectivity index (χ1) is 18.9. The Morgan fingerprint density at radius 1 is 0.500 bits per heavy atom. The first-order valence-corrected chi connectivity index (χ1v) is 13.3. The van der Waals surface area contributed by atoms with Crippen LogP contribution in [0.25, 0.3) is 60.4 Å². The Morgan fingerprint density at radius 3 is 1.97 bits per heavy atom. The van der Waals surface area contributed by atoms with E-state index in [0.717, 1.165) is 6.42 Å². The van der Waals surface area contributed by atoms with Crippen LogP contribution in [0.15, 0.2) is 140 Å². The van der Waals surface area contributed by atoms with E-state index < -0.39 is 0 Å². The molecule has 0 bridgehead atoms. The van der Waals surface area contributed by atoms with Crippen LogP contribution in [0.2, 0.25) is 0 Å². The zero-order chi connectivity index (χ0) is 25.1. The lowest BCUT2D eigenvalue weighted by atomic mass is 10.0. The summed E-state index contributed by atoms with van der Waals surface area (Å²) >= 11 is 0. The summed E-state index contributed by atoms with van der Waals surface area (Å²) in [6, 6.07) is 42.5. The van der Waals surface area contributed by atoms with E-state index in [4.69, 9.17) is 0 Å². The van der Waals surface area contributed by atoms with Crippen LogP contribution in [0.1, 0.15) is 12.5 Å². The van der Waals surface area contributed by atoms with Crippen molar-refractivity contribution in [1.29, 1.82) is 0 Å². The average Bonchev–Trinajstić information content (AvgIpc) is 3.50. The van der Waals surface area contributed by atoms with Crippen molar-refractivity contribution in [3.05, 3.63) is 140 Å². The topological polar surface area (TPSA) is 9.86 Å². The van der Waals surface area contributed by atoms with Gasteiger partial charge in [-0.2, -0.15) is 0 Å². The molecule has 0 radical (unpaired) electrons. The predicted octanol–water partition coefficient (Wildman–Crippen LogP) is 9.62. The first-order valence-electron chi connectivity index (χ1n) is 13.3. The van der Waals surface area contributed by atoms with Crippen LogP contribution < -0.4 is 0 Å². The summed E-state index contributed by atoms with van der Waals surface area (Å²) in [6.07, 6.45) is 9.92. The second-order valence-electron chi connectivity index (χ2n) is 10.2. The van der Waals surface area contributed by atoms with E-state index in [9.17, 15) is 0 Å². The molecule has 2 aromatic heterocycles. The summed E-state index contributed by atoms with van der Waals surface area (Å²) in [5, 5.41) is 5.19. The number of hydrogen-bond acceptors (Lipinski definition) is 0. The summed E-state index contributed by atoms with van der Waals surface area (Å²) in [5.41, 5.74) is 8.71. The fourth-order valence-electron chi connectivity index (χ4n) is 6.30. The van der Waals surface area contributed by atoms with Gasteiger partial charge in [-0.1, -0.05) is 97.1 Å². The highest BCUT2D eigenvalue weighted by molar-refractivity contribution is 6.12. The number of para-hydroxylation sites is 3. The quantitative estimate of drug-likeness (QED) is 0.235. The van der Waals surface area contributed by atoms with Gasteiger partial charge < -0.3 is 9.13 Å². The maximum absolute atomic E-state index is 2.50. The number of fused-ring (bicyclic) bond motifs is 6. The summed E-state index contributed by atoms with van der Waals surface area (Å²) in [5.74, 6) is 0. The molecule has 7 aromatic rings. The number of allylic oxidation sites excluding steroid dienone is 4. The van der Waals surface area contributed by atoms with Gasteiger partial charge in [0.05, 0.1) is 17.1 Å². The molecule has 2 nitrogen and oxygen atoms in total. The molecule has 1 aliphatic carbocycles. The molecule has 8 rings (SSSR count). The molecular weight excluding hydrogens is 460 g/mol. The molecule has 0 N–H and O–H groups in total. The van der Waals surface area contributed by atoms with Crippen LogP contribution in [0.5, 0.6) is 0 Å². The van der Waals surface area contributed by atoms with E-state index in [1.807, 2.05) is 0 Å². The minimum atomic E-state index is 0.339. The fourth-order valence-corrected chi connectivity index (χ4v) is 6.30. The Balaban J connectivity index is 1.36. The van der Waals surface area contributed by atoms with Crippen LogP contribution in [0, 0.1) is 0 Å². The van der Waals surface area contributed by atoms with Gasteiger partial charge in [-0.05, 0) is 60.0 Å². The van der Waals surface area contributed by atoms with Crippen molar-refractivity contribution in [2.75, 3.05) is 0 Å². The van der Waals surface area contributed by atoms with Gasteiger partial charge in [0.25, 0.3) is 0 Å². The van der Waals surface area contributed by atoms with Crippen LogP contribution in [-0.4, -0.2) is 9.13 Å². The normalized spacial score (nSPS) is 15.3. The van der Waals surface area contributed by atoms with E-state index in [1.165, 1.54) is 60.4 Å². The van der Waals surface area contributed by atoms with Gasteiger partial charge in [-0.25, -0.2) is 0 Å². The molecule has 0 amide bonds. The van der Waals surface area contributed by atoms with Crippen molar-refractivity contribution in [2.24, 2.45) is 0 Å². The lowest BCUT2D eigenvalue weighted by Crippen LogP contribution is -2.06. The Labute approximate surface area is 221 Å². The molecule has 1 atom stereocenters. The third kappa shape index (κ3) is 3.13. The Hall–Kier alpha value is -4.82. The van der Waals surface area contributed by atoms with Crippen molar-refractivity contribution in [1.82, 2.24) is 9.13 Å². The Bertz CT molecular complexity index is 2050. The SMILES string of the molecule is C1=CCC(n2c3ccccc3c3cc(-c4ccc5c6ccccc6n(-c6ccccc6)c5c4)ccc32)C=C1. The largest absolute Gasteiger partial charge is 0.333 e. The molecule has 2 heteroatoms. The Morgan fingerprint density at radius 2 is 1.16 bits per heavy atom. The maximum Gasteiger partial charge on any atom is 0.0560 e. The van der Waals surface area contributed by atoms with Crippen molar-refractivity contribution >= 4 is 43.6 Å². The van der Waals surface area contributed by atoms with E-state index in [2.05, 4.69) is 149 Å². The van der Waals surface area contributed by atoms with Crippen LogP contribution in [0.4, 0.5) is 0 Å². The number of nitrogens with zero attached hydrogens (tertiary/aromatic N) is 2. The molecule has 0 saturated carbocycles. The van der Waals surface area contributed by atoms with Crippen molar-refractivity contribution < 1.29 is 0 Å². The highest BCUT2D eigenvalue weighted by Gasteiger charge is 2.18. The fraction of sp³-hybridized carbons (Fsp3) is 0.0556. The molecule has 38 heavy (non-hydrogen) atoms. The van der Waals surface area contributed by atoms with Crippen molar-refractivity contribution in [3.8, 4) is 16.8 Å². The summed E-state index contributed by atoms with van der Waals surface area (Å²) < 4.78 is 4.90. The first kappa shape index (κ1) is 21.3. The minimum Gasteiger partial charge on any atom is -0.333 e. The number of benzene rings is 5. The third-order valence-corrected chi connectivity index (χ3v) is 8.02. The average molecular weight is 487 g/mol. The monoisotopic (exact) mass is 486 g/mol. The molecular formula is C36H26N2. The van der Waals surface area contributed by atoms with Gasteiger partial charge in [0.1, 0.15) is 0 Å². The van der Waals surface area contributed by atoms with Gasteiger partial charge in [-0.15, -0.1) is 0 Å². The number of rotatable bonds is 3. The molecule has 1 unspecified atom stereocenters. The summed E-state index contributed by atoms with van der Waals surface area (Å²) in [4.78, 5) is 0. The summed E-state index contributed by atoms with van der Waals surface area (Å²) in [7, 11) is 0. The van der Waals surface area contributed by atoms with E-state index in [-0.39, 0.29) is 0 Å². The molecule has 0 aliphatic heterocycles. The highest BCUT2D eigenvalue weighted by Crippen LogP contribution is 2.38. The third-order valence-electron chi connectivity index (χ3n) is 8.02. The second-order valence-corrected chi connectivity index (χ2v) is 10.2. The van der Waals surface area contributed by atoms with Crippen molar-refractivity contribution in [2.45, 2.75) is 12.5 Å². The molecule has 0 fully saturated rings. The van der Waals surface area contributed by atoms with E-state index in [0.29, 0.717) is 6.04 Å². The molecule has 180 valence electrons. The van der Waals surface area contributed by atoms with Crippen LogP contribution >= 0.6 is 0 Å². The van der Waals surface area contributed by atoms with Gasteiger partial charge in [0.2, 0.25) is 0 Å². The van der Waals surface area contributed by atoms with Gasteiger partial charge in [0, 0.05) is 38.3 Å². The van der Waals surface area contributed by atoms with Crippen molar-refractivity contribution in [3.63, 3.8) is 0 Å². The smallest absolute Gasteiger partial charge is 0.0560 e. The zero-order valence-corrected chi connectivity index (χ0v) is 21.0. The second kappa shape index (κ2) is 8.36. The maximum atomic E-state index is 2.50. The Kier molecular flexibility index (Phi) is 4.68. The molecule has 0 spiro atoms. The van der Waals surface area contributed by atoms with Gasteiger partial charge in [0.15, 0.2) is 0 Å². The lowest BCUT2D eigenvalue weighted by Gasteiger charge is -2.18. The standard InChI is InChI=1S/C36H26N2/c1-3-11-27(12-4-1)37-34-18-10-8-16-30(34)32-23-25(20-22-35(32)37)26-19-21-31-29-15-7-9-17-33(29)38(36(31)24-26)28-13-5-2-6-14-28/h1-11,13-24,27H,12H2. The number of aromatic nitrogens is 2. The van der Waals surface area contributed by atoms with Gasteiger partial charge in [-0.3, -0.25) is 0 Å². The predicted molar refractivity (Wildman–Crippen MR) is 161 cm³/mol. The van der Waals surface area contributed by atoms with E-state index >= 15 is 0 Å². The summed E-state index contributed by atoms with van der Waals surface area (Å²) in [6.45, 7) is 0.